The van der Waals surface area contributed by atoms with Gasteiger partial charge in [0.2, 0.25) is 35.4 Å². The Bertz CT molecular complexity index is 2350. The van der Waals surface area contributed by atoms with Crippen LogP contribution in [0.1, 0.15) is 71.9 Å². The summed E-state index contributed by atoms with van der Waals surface area (Å²) in [6.45, 7) is 0.0825. The first-order valence-electron chi connectivity index (χ1n) is 24.6. The quantitative estimate of drug-likeness (QED) is 0.0933. The molecule has 0 spiro atoms. The smallest absolute Gasteiger partial charge is 0.329 e. The van der Waals surface area contributed by atoms with Crippen molar-refractivity contribution in [2.24, 2.45) is 11.5 Å². The maximum absolute atomic E-state index is 13.7. The van der Waals surface area contributed by atoms with Gasteiger partial charge in [-0.3, -0.25) is 28.8 Å². The second-order valence-electron chi connectivity index (χ2n) is 18.5. The largest absolute Gasteiger partial charge is 0.459 e. The Kier molecular flexibility index (Phi) is 18.6. The summed E-state index contributed by atoms with van der Waals surface area (Å²) >= 11 is 0. The average Bonchev–Trinajstić information content (AvgIpc) is 4.03. The summed E-state index contributed by atoms with van der Waals surface area (Å²) < 4.78 is 11.3. The Morgan fingerprint density at radius 3 is 1.22 bits per heavy atom. The van der Waals surface area contributed by atoms with Gasteiger partial charge in [-0.05, 0) is 46.2 Å². The first-order valence-corrected chi connectivity index (χ1v) is 24.6. The van der Waals surface area contributed by atoms with Gasteiger partial charge in [0.25, 0.3) is 0 Å². The SMILES string of the molecule is NCc1ccc(CCC(=O)N2CC(NC(=O)CN3CCC(=O)N(CC(=O)NC4CC(C(=O)OCc5ccccc5)N(C(=O)CCc5ccc(CN)cc5)C4)CCC3=O)CC2C(=O)OCc2ccccc2)cc1. The number of rotatable bonds is 20. The van der Waals surface area contributed by atoms with Crippen LogP contribution < -0.4 is 22.1 Å². The van der Waals surface area contributed by atoms with Crippen molar-refractivity contribution in [1.29, 1.82) is 0 Å². The molecule has 4 aromatic carbocycles. The van der Waals surface area contributed by atoms with E-state index in [0.29, 0.717) is 25.9 Å². The van der Waals surface area contributed by atoms with Crippen LogP contribution in [0.25, 0.3) is 0 Å². The molecule has 3 fully saturated rings. The number of amides is 6. The summed E-state index contributed by atoms with van der Waals surface area (Å²) in [5.74, 6) is -3.55. The summed E-state index contributed by atoms with van der Waals surface area (Å²) in [4.78, 5) is 114. The highest BCUT2D eigenvalue weighted by Crippen LogP contribution is 2.24. The van der Waals surface area contributed by atoms with Gasteiger partial charge in [-0.2, -0.15) is 0 Å². The molecule has 0 aromatic heterocycles. The molecule has 4 unspecified atom stereocenters. The second-order valence-corrected chi connectivity index (χ2v) is 18.5. The van der Waals surface area contributed by atoms with Crippen LogP contribution in [0.5, 0.6) is 0 Å². The minimum Gasteiger partial charge on any atom is -0.459 e. The van der Waals surface area contributed by atoms with Gasteiger partial charge in [-0.25, -0.2) is 9.59 Å². The molecule has 72 heavy (non-hydrogen) atoms. The Labute approximate surface area is 419 Å². The van der Waals surface area contributed by atoms with E-state index < -0.39 is 59.7 Å². The number of likely N-dealkylation sites (tertiary alicyclic amines) is 2. The zero-order valence-electron chi connectivity index (χ0n) is 40.5. The number of carbonyl (C=O) groups is 8. The lowest BCUT2D eigenvalue weighted by Gasteiger charge is -2.30. The molecule has 3 aliphatic heterocycles. The molecule has 18 heteroatoms. The zero-order valence-corrected chi connectivity index (χ0v) is 40.5. The van der Waals surface area contributed by atoms with E-state index in [2.05, 4.69) is 10.6 Å². The maximum atomic E-state index is 13.7. The Morgan fingerprint density at radius 2 is 0.861 bits per heavy atom. The van der Waals surface area contributed by atoms with Gasteiger partial charge < -0.3 is 51.2 Å². The van der Waals surface area contributed by atoms with Gasteiger partial charge in [0.15, 0.2) is 0 Å². The molecule has 3 saturated heterocycles. The molecule has 3 aliphatic rings. The van der Waals surface area contributed by atoms with Gasteiger partial charge >= 0.3 is 11.9 Å². The van der Waals surface area contributed by atoms with Crippen molar-refractivity contribution in [2.75, 3.05) is 39.3 Å². The summed E-state index contributed by atoms with van der Waals surface area (Å²) in [5.41, 5.74) is 16.8. The molecule has 18 nitrogen and oxygen atoms in total. The van der Waals surface area contributed by atoms with E-state index in [-0.39, 0.29) is 103 Å². The third kappa shape index (κ3) is 14.8. The molecule has 6 N–H and O–H groups in total. The fourth-order valence-corrected chi connectivity index (χ4v) is 9.26. The van der Waals surface area contributed by atoms with Gasteiger partial charge in [0.05, 0.1) is 13.1 Å². The lowest BCUT2D eigenvalue weighted by atomic mass is 10.1. The highest BCUT2D eigenvalue weighted by atomic mass is 16.5. The first kappa shape index (κ1) is 52.4. The molecule has 380 valence electrons. The van der Waals surface area contributed by atoms with E-state index in [1.807, 2.05) is 109 Å². The normalized spacial score (nSPS) is 19.1. The predicted molar refractivity (Wildman–Crippen MR) is 264 cm³/mol. The number of esters is 2. The fourth-order valence-electron chi connectivity index (χ4n) is 9.26. The van der Waals surface area contributed by atoms with Crippen molar-refractivity contribution >= 4 is 47.4 Å². The third-order valence-corrected chi connectivity index (χ3v) is 13.3. The van der Waals surface area contributed by atoms with Crippen LogP contribution in [0.15, 0.2) is 109 Å². The average molecular weight is 985 g/mol. The highest BCUT2D eigenvalue weighted by molar-refractivity contribution is 5.90. The van der Waals surface area contributed by atoms with E-state index in [4.69, 9.17) is 20.9 Å². The molecule has 4 atom stereocenters. The number of ether oxygens (including phenoxy) is 2. The van der Waals surface area contributed by atoms with Crippen LogP contribution in [0, 0.1) is 0 Å². The van der Waals surface area contributed by atoms with E-state index in [9.17, 15) is 38.4 Å². The standard InChI is InChI=1S/C54H64N8O10/c55-29-39-15-11-37(12-16-39)19-21-51(67)61-31-43(27-45(61)53(69)71-35-41-7-3-1-4-8-41)57-47(63)33-59-25-23-50(66)60(26-24-49(59)65)34-48(64)58-44-28-46(54(70)72-36-42-9-5-2-6-10-42)62(32-44)52(68)22-20-38-13-17-40(30-56)18-14-38/h1-18,43-46H,19-36,55-56H2,(H,57,63)(H,58,64). The monoisotopic (exact) mass is 984 g/mol. The molecule has 0 saturated carbocycles. The van der Waals surface area contributed by atoms with Crippen molar-refractivity contribution < 1.29 is 47.8 Å². The van der Waals surface area contributed by atoms with Crippen molar-refractivity contribution in [3.05, 3.63) is 143 Å². The Hall–Kier alpha value is -7.44. The minimum atomic E-state index is -0.941. The molecule has 0 bridgehead atoms. The van der Waals surface area contributed by atoms with Crippen molar-refractivity contribution in [3.8, 4) is 0 Å². The van der Waals surface area contributed by atoms with E-state index in [0.717, 1.165) is 33.4 Å². The number of nitrogens with one attached hydrogen (secondary N) is 2. The Balaban J connectivity index is 0.901. The van der Waals surface area contributed by atoms with E-state index >= 15 is 0 Å². The third-order valence-electron chi connectivity index (χ3n) is 13.3. The number of benzene rings is 4. The number of hydrogen-bond donors (Lipinski definition) is 4. The molecule has 4 aromatic rings. The highest BCUT2D eigenvalue weighted by Gasteiger charge is 2.43. The second kappa shape index (κ2) is 25.6. The number of carbonyl (C=O) groups excluding carboxylic acids is 8. The molecular weight excluding hydrogens is 921 g/mol. The topological polar surface area (TPSA) is 244 Å². The van der Waals surface area contributed by atoms with Gasteiger partial charge in [-0.15, -0.1) is 0 Å². The minimum absolute atomic E-state index is 0.0176. The molecule has 7 rings (SSSR count). The van der Waals surface area contributed by atoms with Crippen molar-refractivity contribution in [2.45, 2.75) is 102 Å². The van der Waals surface area contributed by atoms with E-state index in [1.54, 1.807) is 0 Å². The molecular formula is C54H64N8O10. The number of nitrogens with two attached hydrogens (primary N) is 2. The number of hydrogen-bond acceptors (Lipinski definition) is 12. The lowest BCUT2D eigenvalue weighted by Crippen LogP contribution is -2.50. The summed E-state index contributed by atoms with van der Waals surface area (Å²) in [6, 6.07) is 30.5. The summed E-state index contributed by atoms with van der Waals surface area (Å²) in [6.07, 6.45) is 1.03. The molecule has 3 heterocycles. The van der Waals surface area contributed by atoms with E-state index in [1.165, 1.54) is 19.6 Å². The predicted octanol–water partition coefficient (Wildman–Crippen LogP) is 2.28. The summed E-state index contributed by atoms with van der Waals surface area (Å²) in [5, 5.41) is 5.79. The molecule has 0 radical (unpaired) electrons. The van der Waals surface area contributed by atoms with Crippen molar-refractivity contribution in [3.63, 3.8) is 0 Å². The lowest BCUT2D eigenvalue weighted by molar-refractivity contribution is -0.154. The Morgan fingerprint density at radius 1 is 0.500 bits per heavy atom. The van der Waals surface area contributed by atoms with Gasteiger partial charge in [0.1, 0.15) is 25.3 Å². The summed E-state index contributed by atoms with van der Waals surface area (Å²) in [7, 11) is 0. The number of aryl methyl sites for hydroxylation is 2. The zero-order chi connectivity index (χ0) is 51.0. The van der Waals surface area contributed by atoms with Crippen LogP contribution in [0.4, 0.5) is 0 Å². The molecule has 0 aliphatic carbocycles. The molecule has 6 amide bonds. The van der Waals surface area contributed by atoms with Crippen LogP contribution in [-0.2, 0) is 87.0 Å². The van der Waals surface area contributed by atoms with Crippen molar-refractivity contribution in [1.82, 2.24) is 30.2 Å². The van der Waals surface area contributed by atoms with Crippen LogP contribution in [0.3, 0.4) is 0 Å². The maximum Gasteiger partial charge on any atom is 0.329 e. The number of nitrogens with zero attached hydrogens (tertiary/aromatic N) is 4. The first-order chi connectivity index (χ1) is 34.8. The van der Waals surface area contributed by atoms with Crippen LogP contribution in [-0.4, -0.2) is 130 Å². The van der Waals surface area contributed by atoms with Crippen LogP contribution in [0.2, 0.25) is 0 Å². The fraction of sp³-hybridized carbons (Fsp3) is 0.407. The van der Waals surface area contributed by atoms with Gasteiger partial charge in [0, 0.05) is 89.9 Å². The van der Waals surface area contributed by atoms with Crippen LogP contribution >= 0.6 is 0 Å². The van der Waals surface area contributed by atoms with Gasteiger partial charge in [-0.1, -0.05) is 109 Å².